The zero-order chi connectivity index (χ0) is 15.8. The van der Waals surface area contributed by atoms with E-state index in [2.05, 4.69) is 23.0 Å². The van der Waals surface area contributed by atoms with Gasteiger partial charge in [-0.2, -0.15) is 5.26 Å². The summed E-state index contributed by atoms with van der Waals surface area (Å²) >= 11 is 5.77. The Morgan fingerprint density at radius 2 is 1.95 bits per heavy atom. The molecule has 1 unspecified atom stereocenters. The number of nitriles is 1. The van der Waals surface area contributed by atoms with Gasteiger partial charge in [-0.25, -0.2) is 9.97 Å². The van der Waals surface area contributed by atoms with Crippen LogP contribution in [0.4, 0.5) is 0 Å². The van der Waals surface area contributed by atoms with Crippen molar-refractivity contribution in [2.75, 3.05) is 0 Å². The molecule has 0 aliphatic carbocycles. The lowest BCUT2D eigenvalue weighted by Crippen LogP contribution is -2.00. The van der Waals surface area contributed by atoms with Gasteiger partial charge in [-0.05, 0) is 12.5 Å². The minimum absolute atomic E-state index is 0.185. The van der Waals surface area contributed by atoms with Crippen LogP contribution in [0, 0.1) is 11.3 Å². The van der Waals surface area contributed by atoms with Crippen molar-refractivity contribution < 1.29 is 4.74 Å². The van der Waals surface area contributed by atoms with Crippen LogP contribution < -0.4 is 4.74 Å². The lowest BCUT2D eigenvalue weighted by molar-refractivity contribution is 0.433. The molecule has 0 saturated carbocycles. The highest BCUT2D eigenvalue weighted by molar-refractivity contribution is 6.30. The number of benzene rings is 1. The number of hydrogen-bond acceptors (Lipinski definition) is 4. The third-order valence-electron chi connectivity index (χ3n) is 3.34. The van der Waals surface area contributed by atoms with E-state index >= 15 is 0 Å². The summed E-state index contributed by atoms with van der Waals surface area (Å²) in [4.78, 5) is 8.05. The van der Waals surface area contributed by atoms with Gasteiger partial charge in [0.1, 0.15) is 5.75 Å². The Labute approximate surface area is 135 Å². The highest BCUT2D eigenvalue weighted by atomic mass is 35.5. The van der Waals surface area contributed by atoms with Crippen LogP contribution in [0.25, 0.3) is 0 Å². The second-order valence-corrected chi connectivity index (χ2v) is 5.44. The average Bonchev–Trinajstić information content (AvgIpc) is 2.55. The monoisotopic (exact) mass is 315 g/mol. The second kappa shape index (κ2) is 8.35. The van der Waals surface area contributed by atoms with Crippen molar-refractivity contribution in [1.82, 2.24) is 9.97 Å². The molecule has 4 nitrogen and oxygen atoms in total. The fourth-order valence-electron chi connectivity index (χ4n) is 2.20. The molecule has 0 radical (unpaired) electrons. The van der Waals surface area contributed by atoms with Crippen molar-refractivity contribution in [2.45, 2.75) is 38.5 Å². The van der Waals surface area contributed by atoms with E-state index in [0.29, 0.717) is 10.8 Å². The first-order valence-corrected chi connectivity index (χ1v) is 7.76. The van der Waals surface area contributed by atoms with Crippen molar-refractivity contribution >= 4 is 11.6 Å². The minimum Gasteiger partial charge on any atom is -0.424 e. The smallest absolute Gasteiger partial charge is 0.321 e. The summed E-state index contributed by atoms with van der Waals surface area (Å²) in [6.07, 6.45) is 7.08. The summed E-state index contributed by atoms with van der Waals surface area (Å²) in [6.45, 7) is 2.15. The second-order valence-electron chi connectivity index (χ2n) is 5.00. The number of para-hydroxylation sites is 1. The molecule has 22 heavy (non-hydrogen) atoms. The predicted octanol–water partition coefficient (Wildman–Crippen LogP) is 5.11. The molecule has 2 rings (SSSR count). The van der Waals surface area contributed by atoms with Crippen molar-refractivity contribution in [3.8, 4) is 17.8 Å². The Morgan fingerprint density at radius 3 is 2.64 bits per heavy atom. The highest BCUT2D eigenvalue weighted by Gasteiger charge is 2.16. The largest absolute Gasteiger partial charge is 0.424 e. The molecular formula is C17H18ClN3O. The van der Waals surface area contributed by atoms with Crippen molar-refractivity contribution in [3.05, 3.63) is 47.2 Å². The number of nitrogens with zero attached hydrogens (tertiary/aromatic N) is 3. The highest BCUT2D eigenvalue weighted by Crippen LogP contribution is 2.32. The predicted molar refractivity (Wildman–Crippen MR) is 86.1 cm³/mol. The van der Waals surface area contributed by atoms with Gasteiger partial charge in [0.2, 0.25) is 0 Å². The molecule has 5 heteroatoms. The molecule has 0 aliphatic heterocycles. The molecule has 1 aromatic carbocycles. The molecular weight excluding hydrogens is 298 g/mol. The molecule has 0 saturated heterocycles. The molecule has 2 aromatic rings. The Kier molecular flexibility index (Phi) is 6.17. The molecule has 0 N–H and O–H groups in total. The molecule has 0 fully saturated rings. The van der Waals surface area contributed by atoms with Crippen LogP contribution in [0.1, 0.15) is 44.1 Å². The first kappa shape index (κ1) is 16.3. The maximum Gasteiger partial charge on any atom is 0.321 e. The maximum absolute atomic E-state index is 9.45. The summed E-state index contributed by atoms with van der Waals surface area (Å²) < 4.78 is 5.72. The van der Waals surface area contributed by atoms with E-state index in [0.717, 1.165) is 31.2 Å². The maximum atomic E-state index is 9.45. The van der Waals surface area contributed by atoms with Crippen LogP contribution in [0.3, 0.4) is 0 Å². The number of hydrogen-bond donors (Lipinski definition) is 0. The van der Waals surface area contributed by atoms with Crippen LogP contribution >= 0.6 is 11.6 Å². The first-order valence-electron chi connectivity index (χ1n) is 7.38. The fourth-order valence-corrected chi connectivity index (χ4v) is 2.30. The van der Waals surface area contributed by atoms with Crippen molar-refractivity contribution in [3.63, 3.8) is 0 Å². The molecule has 0 amide bonds. The summed E-state index contributed by atoms with van der Waals surface area (Å²) in [5, 5.41) is 9.91. The zero-order valence-corrected chi connectivity index (χ0v) is 13.3. The van der Waals surface area contributed by atoms with Gasteiger partial charge in [-0.3, -0.25) is 0 Å². The van der Waals surface area contributed by atoms with Gasteiger partial charge in [0.25, 0.3) is 0 Å². The normalized spacial score (nSPS) is 11.7. The van der Waals surface area contributed by atoms with E-state index in [4.69, 9.17) is 16.3 Å². The summed E-state index contributed by atoms with van der Waals surface area (Å²) in [5.41, 5.74) is 0.875. The lowest BCUT2D eigenvalue weighted by atomic mass is 9.94. The van der Waals surface area contributed by atoms with Crippen molar-refractivity contribution in [2.24, 2.45) is 0 Å². The van der Waals surface area contributed by atoms with Gasteiger partial charge < -0.3 is 4.74 Å². The Balaban J connectivity index is 2.18. The number of rotatable bonds is 7. The van der Waals surface area contributed by atoms with E-state index in [1.807, 2.05) is 24.3 Å². The third-order valence-corrected chi connectivity index (χ3v) is 3.54. The van der Waals surface area contributed by atoms with Crippen LogP contribution in [0.15, 0.2) is 36.7 Å². The summed E-state index contributed by atoms with van der Waals surface area (Å²) in [6, 6.07) is 10.1. The molecule has 0 bridgehead atoms. The van der Waals surface area contributed by atoms with E-state index in [9.17, 15) is 5.26 Å². The average molecular weight is 316 g/mol. The zero-order valence-electron chi connectivity index (χ0n) is 12.5. The Bertz CT molecular complexity index is 637. The van der Waals surface area contributed by atoms with Crippen LogP contribution in [0.2, 0.25) is 5.02 Å². The number of aromatic nitrogens is 2. The SMILES string of the molecule is CCCCCC(C#N)c1ccccc1Oc1ncc(Cl)cn1. The summed E-state index contributed by atoms with van der Waals surface area (Å²) in [5.74, 6) is 0.433. The Morgan fingerprint density at radius 1 is 1.23 bits per heavy atom. The number of halogens is 1. The lowest BCUT2D eigenvalue weighted by Gasteiger charge is -2.14. The molecule has 1 atom stereocenters. The standard InChI is InChI=1S/C17H18ClN3O/c1-2-3-4-7-13(10-19)15-8-5-6-9-16(15)22-17-20-11-14(18)12-21-17/h5-6,8-9,11-13H,2-4,7H2,1H3. The fraction of sp³-hybridized carbons (Fsp3) is 0.353. The molecule has 0 spiro atoms. The van der Waals surface area contributed by atoms with Gasteiger partial charge >= 0.3 is 6.01 Å². The Hall–Kier alpha value is -2.12. The number of unbranched alkanes of at least 4 members (excludes halogenated alkanes) is 2. The van der Waals surface area contributed by atoms with Gasteiger partial charge in [-0.1, -0.05) is 56.0 Å². The van der Waals surface area contributed by atoms with Gasteiger partial charge in [0.05, 0.1) is 29.4 Å². The molecule has 0 aliphatic rings. The van der Waals surface area contributed by atoms with E-state index in [-0.39, 0.29) is 11.9 Å². The molecule has 1 aromatic heterocycles. The van der Waals surface area contributed by atoms with Gasteiger partial charge in [0.15, 0.2) is 0 Å². The van der Waals surface area contributed by atoms with Crippen molar-refractivity contribution in [1.29, 1.82) is 5.26 Å². The van der Waals surface area contributed by atoms with Crippen LogP contribution in [-0.2, 0) is 0 Å². The number of ether oxygens (including phenoxy) is 1. The van der Waals surface area contributed by atoms with E-state index in [1.54, 1.807) is 0 Å². The van der Waals surface area contributed by atoms with E-state index in [1.165, 1.54) is 12.4 Å². The molecule has 114 valence electrons. The third kappa shape index (κ3) is 4.44. The summed E-state index contributed by atoms with van der Waals surface area (Å²) in [7, 11) is 0. The van der Waals surface area contributed by atoms with E-state index < -0.39 is 0 Å². The quantitative estimate of drug-likeness (QED) is 0.666. The van der Waals surface area contributed by atoms with Gasteiger partial charge in [-0.15, -0.1) is 0 Å². The topological polar surface area (TPSA) is 58.8 Å². The first-order chi connectivity index (χ1) is 10.7. The minimum atomic E-state index is -0.185. The van der Waals surface area contributed by atoms with Crippen LogP contribution in [-0.4, -0.2) is 9.97 Å². The van der Waals surface area contributed by atoms with Crippen LogP contribution in [0.5, 0.6) is 11.8 Å². The van der Waals surface area contributed by atoms with Gasteiger partial charge in [0, 0.05) is 5.56 Å². The molecule has 1 heterocycles.